The lowest BCUT2D eigenvalue weighted by molar-refractivity contribution is 0.785. The molecule has 0 aliphatic rings. The zero-order valence-electron chi connectivity index (χ0n) is 11.0. The second-order valence-electron chi connectivity index (χ2n) is 3.93. The average molecular weight is 244 g/mol. The smallest absolute Gasteiger partial charge is 0.191 e. The highest BCUT2D eigenvalue weighted by Crippen LogP contribution is 2.04. The van der Waals surface area contributed by atoms with Crippen LogP contribution >= 0.6 is 0 Å². The number of nitriles is 1. The second kappa shape index (κ2) is 8.13. The van der Waals surface area contributed by atoms with Gasteiger partial charge >= 0.3 is 0 Å². The highest BCUT2D eigenvalue weighted by atomic mass is 15.2. The predicted octanol–water partition coefficient (Wildman–Crippen LogP) is 2.02. The summed E-state index contributed by atoms with van der Waals surface area (Å²) in [6.45, 7) is 6.55. The lowest BCUT2D eigenvalue weighted by atomic mass is 10.1. The molecule has 0 radical (unpaired) electrons. The summed E-state index contributed by atoms with van der Waals surface area (Å²) in [7, 11) is 0. The van der Waals surface area contributed by atoms with Crippen molar-refractivity contribution >= 4 is 5.96 Å². The van der Waals surface area contributed by atoms with E-state index in [9.17, 15) is 0 Å². The van der Waals surface area contributed by atoms with E-state index in [1.807, 2.05) is 31.2 Å². The van der Waals surface area contributed by atoms with E-state index < -0.39 is 0 Å². The van der Waals surface area contributed by atoms with Gasteiger partial charge in [0.05, 0.1) is 18.2 Å². The minimum absolute atomic E-state index is 0.616. The summed E-state index contributed by atoms with van der Waals surface area (Å²) in [6.07, 6.45) is 1.07. The molecule has 0 saturated carbocycles. The molecule has 1 rings (SSSR count). The molecule has 0 amide bonds. The van der Waals surface area contributed by atoms with Crippen LogP contribution in [0.1, 0.15) is 31.4 Å². The lowest BCUT2D eigenvalue weighted by Gasteiger charge is -2.10. The Morgan fingerprint density at radius 3 is 2.50 bits per heavy atom. The fourth-order valence-electron chi connectivity index (χ4n) is 1.44. The van der Waals surface area contributed by atoms with E-state index in [1.165, 1.54) is 0 Å². The van der Waals surface area contributed by atoms with Crippen LogP contribution in [0.3, 0.4) is 0 Å². The molecule has 0 bridgehead atoms. The van der Waals surface area contributed by atoms with Crippen LogP contribution in [0.5, 0.6) is 0 Å². The molecule has 18 heavy (non-hydrogen) atoms. The van der Waals surface area contributed by atoms with Crippen molar-refractivity contribution in [3.63, 3.8) is 0 Å². The van der Waals surface area contributed by atoms with E-state index in [1.54, 1.807) is 0 Å². The Morgan fingerprint density at radius 2 is 1.94 bits per heavy atom. The van der Waals surface area contributed by atoms with Gasteiger partial charge < -0.3 is 10.6 Å². The highest BCUT2D eigenvalue weighted by molar-refractivity contribution is 5.79. The molecule has 0 heterocycles. The number of nitrogens with zero attached hydrogens (tertiary/aromatic N) is 2. The van der Waals surface area contributed by atoms with Gasteiger partial charge in [-0.05, 0) is 31.0 Å². The number of guanidine groups is 1. The molecule has 0 aliphatic heterocycles. The van der Waals surface area contributed by atoms with E-state index in [2.05, 4.69) is 28.6 Å². The van der Waals surface area contributed by atoms with Gasteiger partial charge in [-0.15, -0.1) is 0 Å². The molecule has 0 saturated heterocycles. The van der Waals surface area contributed by atoms with Gasteiger partial charge in [-0.1, -0.05) is 19.1 Å². The summed E-state index contributed by atoms with van der Waals surface area (Å²) in [5, 5.41) is 15.2. The number of rotatable bonds is 5. The van der Waals surface area contributed by atoms with Crippen LogP contribution in [0.2, 0.25) is 0 Å². The predicted molar refractivity (Wildman–Crippen MR) is 74.3 cm³/mol. The van der Waals surface area contributed by atoms with Crippen LogP contribution in [0, 0.1) is 11.3 Å². The maximum atomic E-state index is 8.72. The van der Waals surface area contributed by atoms with Crippen LogP contribution in [0.25, 0.3) is 0 Å². The molecule has 0 fully saturated rings. The lowest BCUT2D eigenvalue weighted by Crippen LogP contribution is -2.37. The minimum atomic E-state index is 0.616. The van der Waals surface area contributed by atoms with Crippen LogP contribution in [0.4, 0.5) is 0 Å². The van der Waals surface area contributed by atoms with Gasteiger partial charge in [0.25, 0.3) is 0 Å². The number of benzene rings is 1. The first-order chi connectivity index (χ1) is 8.80. The third kappa shape index (κ3) is 4.88. The van der Waals surface area contributed by atoms with E-state index in [4.69, 9.17) is 5.26 Å². The molecule has 4 heteroatoms. The first-order valence-corrected chi connectivity index (χ1v) is 6.31. The topological polar surface area (TPSA) is 60.2 Å². The summed E-state index contributed by atoms with van der Waals surface area (Å²) < 4.78 is 0. The van der Waals surface area contributed by atoms with Crippen LogP contribution in [0.15, 0.2) is 29.3 Å². The van der Waals surface area contributed by atoms with Gasteiger partial charge in [0.1, 0.15) is 0 Å². The fraction of sp³-hybridized carbons (Fsp3) is 0.429. The summed E-state index contributed by atoms with van der Waals surface area (Å²) in [5.74, 6) is 0.837. The monoisotopic (exact) mass is 244 g/mol. The Kier molecular flexibility index (Phi) is 6.34. The molecule has 4 nitrogen and oxygen atoms in total. The van der Waals surface area contributed by atoms with Gasteiger partial charge in [-0.3, -0.25) is 0 Å². The van der Waals surface area contributed by atoms with Crippen molar-refractivity contribution in [1.29, 1.82) is 5.26 Å². The molecule has 1 aromatic rings. The normalized spacial score (nSPS) is 10.8. The highest BCUT2D eigenvalue weighted by Gasteiger charge is 1.96. The maximum absolute atomic E-state index is 8.72. The number of hydrogen-bond acceptors (Lipinski definition) is 2. The zero-order chi connectivity index (χ0) is 13.2. The number of hydrogen-bond donors (Lipinski definition) is 2. The third-order valence-corrected chi connectivity index (χ3v) is 2.39. The first kappa shape index (κ1) is 14.0. The molecule has 0 unspecified atom stereocenters. The molecule has 2 N–H and O–H groups in total. The van der Waals surface area contributed by atoms with Crippen molar-refractivity contribution in [2.75, 3.05) is 13.1 Å². The Hall–Kier alpha value is -2.02. The average Bonchev–Trinajstić information content (AvgIpc) is 2.42. The largest absolute Gasteiger partial charge is 0.357 e. The SMILES string of the molecule is CCCNC(=NCc1ccc(C#N)cc1)NCC. The molecule has 0 aromatic heterocycles. The van der Waals surface area contributed by atoms with Crippen LogP contribution in [-0.4, -0.2) is 19.0 Å². The van der Waals surface area contributed by atoms with Gasteiger partial charge in [-0.2, -0.15) is 5.26 Å². The van der Waals surface area contributed by atoms with Crippen molar-refractivity contribution < 1.29 is 0 Å². The van der Waals surface area contributed by atoms with Crippen molar-refractivity contribution in [3.05, 3.63) is 35.4 Å². The zero-order valence-corrected chi connectivity index (χ0v) is 11.0. The summed E-state index contributed by atoms with van der Waals surface area (Å²) >= 11 is 0. The summed E-state index contributed by atoms with van der Waals surface area (Å²) in [5.41, 5.74) is 1.78. The Labute approximate surface area is 109 Å². The molecule has 0 atom stereocenters. The number of nitrogens with one attached hydrogen (secondary N) is 2. The minimum Gasteiger partial charge on any atom is -0.357 e. The fourth-order valence-corrected chi connectivity index (χ4v) is 1.44. The Balaban J connectivity index is 2.59. The molecular weight excluding hydrogens is 224 g/mol. The molecular formula is C14H20N4. The Morgan fingerprint density at radius 1 is 1.22 bits per heavy atom. The van der Waals surface area contributed by atoms with E-state index >= 15 is 0 Å². The summed E-state index contributed by atoms with van der Waals surface area (Å²) in [6, 6.07) is 9.61. The van der Waals surface area contributed by atoms with Crippen LogP contribution < -0.4 is 10.6 Å². The molecule has 0 aliphatic carbocycles. The van der Waals surface area contributed by atoms with E-state index in [0.29, 0.717) is 12.1 Å². The standard InChI is InChI=1S/C14H20N4/c1-3-9-17-14(16-4-2)18-11-13-7-5-12(10-15)6-8-13/h5-8H,3-4,9,11H2,1-2H3,(H2,16,17,18). The van der Waals surface area contributed by atoms with Crippen LogP contribution in [-0.2, 0) is 6.54 Å². The third-order valence-electron chi connectivity index (χ3n) is 2.39. The second-order valence-corrected chi connectivity index (χ2v) is 3.93. The first-order valence-electron chi connectivity index (χ1n) is 6.31. The van der Waals surface area contributed by atoms with Crippen molar-refractivity contribution in [2.24, 2.45) is 4.99 Å². The van der Waals surface area contributed by atoms with E-state index in [-0.39, 0.29) is 0 Å². The van der Waals surface area contributed by atoms with Gasteiger partial charge in [-0.25, -0.2) is 4.99 Å². The van der Waals surface area contributed by atoms with E-state index in [0.717, 1.165) is 31.0 Å². The molecule has 0 spiro atoms. The molecule has 1 aromatic carbocycles. The van der Waals surface area contributed by atoms with Gasteiger partial charge in [0, 0.05) is 13.1 Å². The quantitative estimate of drug-likeness (QED) is 0.615. The molecule has 96 valence electrons. The van der Waals surface area contributed by atoms with Crippen molar-refractivity contribution in [2.45, 2.75) is 26.8 Å². The Bertz CT molecular complexity index is 414. The van der Waals surface area contributed by atoms with Crippen molar-refractivity contribution in [1.82, 2.24) is 10.6 Å². The summed E-state index contributed by atoms with van der Waals surface area (Å²) in [4.78, 5) is 4.49. The number of aliphatic imine (C=N–C) groups is 1. The van der Waals surface area contributed by atoms with Gasteiger partial charge in [0.15, 0.2) is 5.96 Å². The van der Waals surface area contributed by atoms with Crippen molar-refractivity contribution in [3.8, 4) is 6.07 Å². The maximum Gasteiger partial charge on any atom is 0.191 e. The van der Waals surface area contributed by atoms with Gasteiger partial charge in [0.2, 0.25) is 0 Å².